The van der Waals surface area contributed by atoms with Gasteiger partial charge in [0.05, 0.1) is 24.9 Å². The van der Waals surface area contributed by atoms with Crippen LogP contribution in [0.15, 0.2) is 36.8 Å². The highest BCUT2D eigenvalue weighted by molar-refractivity contribution is 5.89. The Labute approximate surface area is 190 Å². The van der Waals surface area contributed by atoms with Crippen molar-refractivity contribution in [2.75, 3.05) is 44.4 Å². The fourth-order valence-electron chi connectivity index (χ4n) is 4.15. The second-order valence-corrected chi connectivity index (χ2v) is 8.11. The third-order valence-corrected chi connectivity index (χ3v) is 5.90. The van der Waals surface area contributed by atoms with E-state index >= 15 is 0 Å². The van der Waals surface area contributed by atoms with Crippen molar-refractivity contribution >= 4 is 28.4 Å². The molecule has 172 valence electrons. The Morgan fingerprint density at radius 3 is 2.76 bits per heavy atom. The zero-order chi connectivity index (χ0) is 22.8. The summed E-state index contributed by atoms with van der Waals surface area (Å²) in [6.07, 6.45) is 6.27. The number of nitrogens with zero attached hydrogens (tertiary/aromatic N) is 7. The van der Waals surface area contributed by atoms with Gasteiger partial charge in [0.1, 0.15) is 17.2 Å². The lowest BCUT2D eigenvalue weighted by Crippen LogP contribution is -2.52. The molecule has 0 amide bonds. The molecule has 0 aromatic carbocycles. The summed E-state index contributed by atoms with van der Waals surface area (Å²) in [5.74, 6) is 0.852. The number of alkyl halides is 1. The van der Waals surface area contributed by atoms with Gasteiger partial charge in [0.25, 0.3) is 0 Å². The van der Waals surface area contributed by atoms with E-state index in [1.165, 1.54) is 0 Å². The Kier molecular flexibility index (Phi) is 5.97. The average molecular weight is 452 g/mol. The number of nitrogen functional groups attached to an aromatic ring is 1. The molecule has 6 rings (SSSR count). The number of aromatic nitrogens is 6. The van der Waals surface area contributed by atoms with Gasteiger partial charge in [-0.1, -0.05) is 0 Å². The summed E-state index contributed by atoms with van der Waals surface area (Å²) in [5.41, 5.74) is 9.55. The monoisotopic (exact) mass is 451 g/mol. The van der Waals surface area contributed by atoms with Gasteiger partial charge < -0.3 is 15.8 Å². The van der Waals surface area contributed by atoms with Crippen molar-refractivity contribution in [1.82, 2.24) is 34.4 Å². The largest absolute Gasteiger partial charge is 0.378 e. The number of hydrogen-bond donors (Lipinski definition) is 2. The maximum Gasteiger partial charge on any atom is 0.240 e. The Morgan fingerprint density at radius 2 is 2.00 bits per heavy atom. The van der Waals surface area contributed by atoms with Crippen molar-refractivity contribution in [2.45, 2.75) is 25.1 Å². The number of nitrogens with two attached hydrogens (primary N) is 1. The SMILES string of the molecule is CNc1nc(N)nn2ccc(-c3ccc4nccnc4n3)c12.FC1CCCN(C2COC2)C1. The number of pyridine rings is 1. The molecule has 0 bridgehead atoms. The Bertz CT molecular complexity index is 1260. The van der Waals surface area contributed by atoms with E-state index < -0.39 is 6.17 Å². The van der Waals surface area contributed by atoms with Crippen LogP contribution < -0.4 is 11.1 Å². The lowest BCUT2D eigenvalue weighted by molar-refractivity contribution is -0.0780. The molecule has 0 saturated carbocycles. The second kappa shape index (κ2) is 9.20. The summed E-state index contributed by atoms with van der Waals surface area (Å²) in [4.78, 5) is 19.5. The second-order valence-electron chi connectivity index (χ2n) is 8.11. The number of nitrogens with one attached hydrogen (secondary N) is 1. The van der Waals surface area contributed by atoms with Crippen LogP contribution >= 0.6 is 0 Å². The van der Waals surface area contributed by atoms with Crippen LogP contribution in [0.4, 0.5) is 16.2 Å². The van der Waals surface area contributed by atoms with E-state index in [2.05, 4.69) is 35.3 Å². The van der Waals surface area contributed by atoms with Gasteiger partial charge in [-0.15, -0.1) is 5.10 Å². The van der Waals surface area contributed by atoms with Crippen LogP contribution in [0.1, 0.15) is 12.8 Å². The van der Waals surface area contributed by atoms with Gasteiger partial charge in [-0.25, -0.2) is 18.9 Å². The van der Waals surface area contributed by atoms with Gasteiger partial charge in [-0.3, -0.25) is 9.88 Å². The van der Waals surface area contributed by atoms with E-state index in [1.807, 2.05) is 24.4 Å². The van der Waals surface area contributed by atoms with Crippen LogP contribution in [-0.4, -0.2) is 80.0 Å². The number of hydrogen-bond acceptors (Lipinski definition) is 9. The van der Waals surface area contributed by atoms with Gasteiger partial charge in [-0.2, -0.15) is 4.98 Å². The van der Waals surface area contributed by atoms with E-state index in [1.54, 1.807) is 24.0 Å². The standard InChI is InChI=1S/C14H12N8.C8H14FNO/c1-16-13-11-8(4-7-22(11)21-14(15)20-13)9-2-3-10-12(19-9)18-6-5-17-10;9-7-2-1-3-10(4-7)8-5-11-6-8/h2-7H,1H3,(H3,15,16,20,21);7-8H,1-6H2. The zero-order valence-electron chi connectivity index (χ0n) is 18.4. The molecule has 1 atom stereocenters. The third kappa shape index (κ3) is 4.41. The number of rotatable bonds is 3. The number of ether oxygens (including phenoxy) is 1. The van der Waals surface area contributed by atoms with Crippen molar-refractivity contribution in [3.05, 3.63) is 36.8 Å². The maximum absolute atomic E-state index is 12.9. The lowest BCUT2D eigenvalue weighted by Gasteiger charge is -2.40. The quantitative estimate of drug-likeness (QED) is 0.483. The zero-order valence-corrected chi connectivity index (χ0v) is 18.4. The summed E-state index contributed by atoms with van der Waals surface area (Å²) >= 11 is 0. The van der Waals surface area contributed by atoms with E-state index in [0.717, 1.165) is 54.9 Å². The van der Waals surface area contributed by atoms with Crippen LogP contribution in [0.25, 0.3) is 27.9 Å². The predicted octanol–water partition coefficient (Wildman–Crippen LogP) is 2.18. The number of anilines is 2. The molecule has 0 radical (unpaired) electrons. The number of halogens is 1. The molecular weight excluding hydrogens is 425 g/mol. The average Bonchev–Trinajstić information content (AvgIpc) is 3.21. The van der Waals surface area contributed by atoms with E-state index in [-0.39, 0.29) is 5.95 Å². The topological polar surface area (TPSA) is 119 Å². The fourth-order valence-corrected chi connectivity index (χ4v) is 4.15. The van der Waals surface area contributed by atoms with Gasteiger partial charge in [0.2, 0.25) is 5.95 Å². The minimum atomic E-state index is -0.593. The molecule has 1 unspecified atom stereocenters. The molecule has 33 heavy (non-hydrogen) atoms. The van der Waals surface area contributed by atoms with Gasteiger partial charge >= 0.3 is 0 Å². The smallest absolute Gasteiger partial charge is 0.240 e. The van der Waals surface area contributed by atoms with Gasteiger partial charge in [-0.05, 0) is 37.6 Å². The molecule has 4 aromatic heterocycles. The van der Waals surface area contributed by atoms with Crippen LogP contribution in [0.5, 0.6) is 0 Å². The van der Waals surface area contributed by atoms with E-state index in [0.29, 0.717) is 24.1 Å². The molecule has 10 nitrogen and oxygen atoms in total. The Hall–Kier alpha value is -3.44. The molecule has 0 spiro atoms. The molecular formula is C22H26FN9O. The first-order chi connectivity index (χ1) is 16.1. The van der Waals surface area contributed by atoms with Crippen molar-refractivity contribution in [3.63, 3.8) is 0 Å². The van der Waals surface area contributed by atoms with Crippen LogP contribution in [0, 0.1) is 0 Å². The molecule has 2 saturated heterocycles. The minimum Gasteiger partial charge on any atom is -0.378 e. The summed E-state index contributed by atoms with van der Waals surface area (Å²) < 4.78 is 19.6. The first-order valence-corrected chi connectivity index (χ1v) is 11.0. The molecule has 11 heteroatoms. The molecule has 0 aliphatic carbocycles. The summed E-state index contributed by atoms with van der Waals surface area (Å²) in [7, 11) is 1.79. The van der Waals surface area contributed by atoms with Crippen LogP contribution in [0.3, 0.4) is 0 Å². The molecule has 3 N–H and O–H groups in total. The van der Waals surface area contributed by atoms with Crippen molar-refractivity contribution < 1.29 is 9.13 Å². The van der Waals surface area contributed by atoms with E-state index in [9.17, 15) is 4.39 Å². The normalized spacial score (nSPS) is 19.2. The van der Waals surface area contributed by atoms with Crippen molar-refractivity contribution in [2.24, 2.45) is 0 Å². The highest BCUT2D eigenvalue weighted by atomic mass is 19.1. The highest BCUT2D eigenvalue weighted by Gasteiger charge is 2.30. The maximum atomic E-state index is 12.9. The molecule has 2 aliphatic rings. The lowest BCUT2D eigenvalue weighted by atomic mass is 10.1. The van der Waals surface area contributed by atoms with Crippen LogP contribution in [0.2, 0.25) is 0 Å². The van der Waals surface area contributed by atoms with Crippen LogP contribution in [-0.2, 0) is 4.74 Å². The minimum absolute atomic E-state index is 0.205. The third-order valence-electron chi connectivity index (χ3n) is 5.90. The van der Waals surface area contributed by atoms with Crippen molar-refractivity contribution in [1.29, 1.82) is 0 Å². The number of piperidine rings is 1. The highest BCUT2D eigenvalue weighted by Crippen LogP contribution is 2.29. The fraction of sp³-hybridized carbons (Fsp3) is 0.409. The van der Waals surface area contributed by atoms with Gasteiger partial charge in [0, 0.05) is 37.7 Å². The first kappa shape index (κ1) is 21.4. The first-order valence-electron chi connectivity index (χ1n) is 11.0. The molecule has 4 aromatic rings. The Balaban J connectivity index is 0.000000174. The summed E-state index contributed by atoms with van der Waals surface area (Å²) in [5, 5.41) is 7.22. The van der Waals surface area contributed by atoms with Gasteiger partial charge in [0.15, 0.2) is 11.5 Å². The predicted molar refractivity (Wildman–Crippen MR) is 124 cm³/mol. The molecule has 2 fully saturated rings. The number of fused-ring (bicyclic) bond motifs is 2. The summed E-state index contributed by atoms with van der Waals surface area (Å²) in [6, 6.07) is 6.25. The summed E-state index contributed by atoms with van der Waals surface area (Å²) in [6.45, 7) is 3.32. The van der Waals surface area contributed by atoms with E-state index in [4.69, 9.17) is 10.5 Å². The molecule has 6 heterocycles. The number of likely N-dealkylation sites (tertiary alicyclic amines) is 1. The Morgan fingerprint density at radius 1 is 1.15 bits per heavy atom. The van der Waals surface area contributed by atoms with Crippen molar-refractivity contribution in [3.8, 4) is 11.3 Å². The molecule has 2 aliphatic heterocycles.